The number of ether oxygens (including phenoxy) is 4. The third kappa shape index (κ3) is 7.71. The van der Waals surface area contributed by atoms with Crippen LogP contribution in [-0.4, -0.2) is 87.7 Å². The zero-order valence-corrected chi connectivity index (χ0v) is 26.7. The Morgan fingerprint density at radius 3 is 2.31 bits per heavy atom. The predicted molar refractivity (Wildman–Crippen MR) is 174 cm³/mol. The minimum Gasteiger partial charge on any atom is -0.497 e. The van der Waals surface area contributed by atoms with Gasteiger partial charge in [0.25, 0.3) is 0 Å². The van der Waals surface area contributed by atoms with Crippen LogP contribution in [0.3, 0.4) is 0 Å². The highest BCUT2D eigenvalue weighted by atomic mass is 35.5. The average Bonchev–Trinajstić information content (AvgIpc) is 3.00. The molecule has 0 spiro atoms. The molecule has 2 aliphatic heterocycles. The zero-order valence-electron chi connectivity index (χ0n) is 25.1. The second-order valence-electron chi connectivity index (χ2n) is 10.7. The number of hydrogen-bond donors (Lipinski definition) is 0. The smallest absolute Gasteiger partial charge is 0.197 e. The number of fused-ring (bicyclic) bond motifs is 3. The number of benzene rings is 2. The van der Waals surface area contributed by atoms with Crippen LogP contribution < -0.4 is 19.6 Å². The number of halogens is 2. The molecule has 3 heterocycles. The topological polar surface area (TPSA) is 65.4 Å². The molecule has 2 aliphatic rings. The Kier molecular flexibility index (Phi) is 13.3. The van der Waals surface area contributed by atoms with Gasteiger partial charge in [-0.15, -0.1) is 24.8 Å². The number of aryl methyl sites for hydroxylation is 2. The van der Waals surface area contributed by atoms with Crippen molar-refractivity contribution in [2.45, 2.75) is 39.2 Å². The summed E-state index contributed by atoms with van der Waals surface area (Å²) in [7, 11) is 3.42. The first-order valence-corrected chi connectivity index (χ1v) is 14.7. The van der Waals surface area contributed by atoms with Gasteiger partial charge in [0.2, 0.25) is 0 Å². The van der Waals surface area contributed by atoms with Crippen LogP contribution in [0.15, 0.2) is 41.3 Å². The number of nitrogens with zero attached hydrogens (tertiary/aromatic N) is 3. The van der Waals surface area contributed by atoms with Crippen molar-refractivity contribution in [3.8, 4) is 28.4 Å². The van der Waals surface area contributed by atoms with Gasteiger partial charge in [-0.05, 0) is 49.9 Å². The van der Waals surface area contributed by atoms with Crippen molar-refractivity contribution >= 4 is 35.7 Å². The standard InChI is InChI=1S/C32H43N3O5.2ClH/c1-4-19-39-29-22-28-26(7-5-20-40-28)30-31(29)35(13-6-12-33-14-16-34(17-15-33)18-21-37-2)23-27(32(30)36)24-8-10-25(38-3)11-9-24;;/h8-11,22-23H,4-7,12-21H2,1-3H3;2*1H. The summed E-state index contributed by atoms with van der Waals surface area (Å²) in [5.74, 6) is 2.29. The predicted octanol–water partition coefficient (Wildman–Crippen LogP) is 5.29. The molecule has 1 saturated heterocycles. The fourth-order valence-electron chi connectivity index (χ4n) is 5.81. The molecule has 0 amide bonds. The quantitative estimate of drug-likeness (QED) is 0.272. The fraction of sp³-hybridized carbons (Fsp3) is 0.531. The molecule has 0 atom stereocenters. The maximum absolute atomic E-state index is 14.2. The molecule has 0 N–H and O–H groups in total. The Morgan fingerprint density at radius 2 is 1.64 bits per heavy atom. The van der Waals surface area contributed by atoms with Crippen molar-refractivity contribution in [2.24, 2.45) is 0 Å². The van der Waals surface area contributed by atoms with Crippen molar-refractivity contribution in [3.05, 3.63) is 52.3 Å². The number of piperazine rings is 1. The molecular weight excluding hydrogens is 577 g/mol. The summed E-state index contributed by atoms with van der Waals surface area (Å²) in [6.07, 6.45) is 5.64. The van der Waals surface area contributed by atoms with Crippen molar-refractivity contribution in [2.75, 3.05) is 73.3 Å². The Hall–Kier alpha value is -2.49. The maximum atomic E-state index is 14.2. The van der Waals surface area contributed by atoms with Gasteiger partial charge in [0.05, 0.1) is 37.8 Å². The van der Waals surface area contributed by atoms with Gasteiger partial charge >= 0.3 is 0 Å². The maximum Gasteiger partial charge on any atom is 0.197 e. The molecule has 0 radical (unpaired) electrons. The molecular formula is C32H45Cl2N3O5. The molecule has 0 bridgehead atoms. The Bertz CT molecular complexity index is 1340. The van der Waals surface area contributed by atoms with Gasteiger partial charge in [0.15, 0.2) is 5.43 Å². The lowest BCUT2D eigenvalue weighted by atomic mass is 9.96. The van der Waals surface area contributed by atoms with Crippen LogP contribution in [0.1, 0.15) is 31.7 Å². The molecule has 8 nitrogen and oxygen atoms in total. The SMILES string of the molecule is CCCOc1cc2c(c3c(=O)c(-c4ccc(OC)cc4)cn(CCCN4CCN(CCOC)CC4)c13)CCCO2.Cl.Cl. The molecule has 10 heteroatoms. The van der Waals surface area contributed by atoms with Crippen molar-refractivity contribution in [3.63, 3.8) is 0 Å². The number of aromatic nitrogens is 1. The van der Waals surface area contributed by atoms with Crippen molar-refractivity contribution < 1.29 is 18.9 Å². The van der Waals surface area contributed by atoms with Crippen LogP contribution in [0.5, 0.6) is 17.2 Å². The third-order valence-electron chi connectivity index (χ3n) is 8.02. The van der Waals surface area contributed by atoms with E-state index in [1.165, 1.54) is 0 Å². The number of pyridine rings is 1. The molecule has 5 rings (SSSR count). The Balaban J connectivity index is 0.00000242. The summed E-state index contributed by atoms with van der Waals surface area (Å²) in [5, 5.41) is 0.739. The van der Waals surface area contributed by atoms with Gasteiger partial charge in [-0.3, -0.25) is 9.69 Å². The molecule has 0 saturated carbocycles. The minimum atomic E-state index is 0. The van der Waals surface area contributed by atoms with Crippen molar-refractivity contribution in [1.29, 1.82) is 0 Å². The highest BCUT2D eigenvalue weighted by Gasteiger charge is 2.24. The van der Waals surface area contributed by atoms with E-state index >= 15 is 0 Å². The van der Waals surface area contributed by atoms with Gasteiger partial charge in [0.1, 0.15) is 17.2 Å². The van der Waals surface area contributed by atoms with E-state index in [2.05, 4.69) is 21.3 Å². The first-order chi connectivity index (χ1) is 19.6. The first kappa shape index (κ1) is 34.0. The number of hydrogen-bond acceptors (Lipinski definition) is 7. The van der Waals surface area contributed by atoms with Crippen LogP contribution in [0, 0.1) is 0 Å². The largest absolute Gasteiger partial charge is 0.497 e. The molecule has 0 unspecified atom stereocenters. The zero-order chi connectivity index (χ0) is 27.9. The highest BCUT2D eigenvalue weighted by molar-refractivity contribution is 5.93. The van der Waals surface area contributed by atoms with E-state index in [0.29, 0.717) is 18.8 Å². The second kappa shape index (κ2) is 16.4. The molecule has 232 valence electrons. The number of rotatable bonds is 12. The van der Waals surface area contributed by atoms with E-state index in [9.17, 15) is 4.79 Å². The molecule has 1 fully saturated rings. The fourth-order valence-corrected chi connectivity index (χ4v) is 5.81. The van der Waals surface area contributed by atoms with Crippen molar-refractivity contribution in [1.82, 2.24) is 14.4 Å². The summed E-state index contributed by atoms with van der Waals surface area (Å²) in [4.78, 5) is 19.2. The summed E-state index contributed by atoms with van der Waals surface area (Å²) < 4.78 is 25.2. The van der Waals surface area contributed by atoms with Gasteiger partial charge < -0.3 is 28.4 Å². The molecule has 42 heavy (non-hydrogen) atoms. The van der Waals surface area contributed by atoms with E-state index in [-0.39, 0.29) is 30.2 Å². The van der Waals surface area contributed by atoms with E-state index in [4.69, 9.17) is 18.9 Å². The van der Waals surface area contributed by atoms with Crippen LogP contribution >= 0.6 is 24.8 Å². The van der Waals surface area contributed by atoms with Crippen LogP contribution in [0.2, 0.25) is 0 Å². The van der Waals surface area contributed by atoms with Gasteiger partial charge in [-0.25, -0.2) is 0 Å². The normalized spacial score (nSPS) is 15.3. The Labute approximate surface area is 261 Å². The monoisotopic (exact) mass is 621 g/mol. The lowest BCUT2D eigenvalue weighted by Crippen LogP contribution is -2.47. The summed E-state index contributed by atoms with van der Waals surface area (Å²) in [6.45, 7) is 11.2. The first-order valence-electron chi connectivity index (χ1n) is 14.7. The Morgan fingerprint density at radius 1 is 0.929 bits per heavy atom. The molecule has 3 aromatic rings. The average molecular weight is 623 g/mol. The van der Waals surface area contributed by atoms with E-state index < -0.39 is 0 Å². The molecule has 2 aromatic carbocycles. The summed E-state index contributed by atoms with van der Waals surface area (Å²) in [5.41, 5.74) is 3.52. The molecule has 0 aliphatic carbocycles. The van der Waals surface area contributed by atoms with Gasteiger partial charge in [-0.1, -0.05) is 19.1 Å². The lowest BCUT2D eigenvalue weighted by molar-refractivity contribution is 0.0959. The summed E-state index contributed by atoms with van der Waals surface area (Å²) in [6, 6.07) is 9.77. The lowest BCUT2D eigenvalue weighted by Gasteiger charge is -2.34. The summed E-state index contributed by atoms with van der Waals surface area (Å²) >= 11 is 0. The van der Waals surface area contributed by atoms with E-state index in [1.807, 2.05) is 36.5 Å². The molecule has 1 aromatic heterocycles. The van der Waals surface area contributed by atoms with Gasteiger partial charge in [-0.2, -0.15) is 0 Å². The highest BCUT2D eigenvalue weighted by Crippen LogP contribution is 2.38. The van der Waals surface area contributed by atoms with Gasteiger partial charge in [0, 0.05) is 69.8 Å². The van der Waals surface area contributed by atoms with E-state index in [0.717, 1.165) is 117 Å². The van der Waals surface area contributed by atoms with Crippen LogP contribution in [0.25, 0.3) is 22.0 Å². The number of methoxy groups -OCH3 is 2. The van der Waals surface area contributed by atoms with Crippen LogP contribution in [0.4, 0.5) is 0 Å². The van der Waals surface area contributed by atoms with Crippen LogP contribution in [-0.2, 0) is 17.7 Å². The third-order valence-corrected chi connectivity index (χ3v) is 8.02. The second-order valence-corrected chi connectivity index (χ2v) is 10.7. The minimum absolute atomic E-state index is 0. The van der Waals surface area contributed by atoms with E-state index in [1.54, 1.807) is 14.2 Å².